The third kappa shape index (κ3) is 3.62. The van der Waals surface area contributed by atoms with E-state index in [2.05, 4.69) is 44.6 Å². The lowest BCUT2D eigenvalue weighted by molar-refractivity contribution is 0.472. The van der Waals surface area contributed by atoms with Gasteiger partial charge in [0.1, 0.15) is 5.82 Å². The Labute approximate surface area is 116 Å². The number of aromatic nitrogens is 1. The summed E-state index contributed by atoms with van der Waals surface area (Å²) >= 11 is 5.49. The van der Waals surface area contributed by atoms with Crippen LogP contribution in [0.2, 0.25) is 0 Å². The summed E-state index contributed by atoms with van der Waals surface area (Å²) < 4.78 is 1.08. The van der Waals surface area contributed by atoms with Crippen molar-refractivity contribution >= 4 is 33.5 Å². The monoisotopic (exact) mass is 314 g/mol. The highest BCUT2D eigenvalue weighted by Gasteiger charge is 2.20. The molecule has 1 saturated carbocycles. The van der Waals surface area contributed by atoms with Crippen LogP contribution in [0.25, 0.3) is 0 Å². The third-order valence-corrected chi connectivity index (χ3v) is 5.36. The fourth-order valence-corrected chi connectivity index (χ4v) is 3.24. The fourth-order valence-electron chi connectivity index (χ4n) is 2.28. The molecule has 4 heteroatoms. The smallest absolute Gasteiger partial charge is 0.126 e. The first-order chi connectivity index (χ1) is 8.19. The van der Waals surface area contributed by atoms with Crippen molar-refractivity contribution in [2.75, 3.05) is 11.6 Å². The van der Waals surface area contributed by atoms with Gasteiger partial charge >= 0.3 is 0 Å². The van der Waals surface area contributed by atoms with Crippen LogP contribution in [0.4, 0.5) is 5.82 Å². The van der Waals surface area contributed by atoms with Crippen LogP contribution in [-0.2, 0) is 0 Å². The molecule has 0 aliphatic heterocycles. The van der Waals surface area contributed by atoms with Gasteiger partial charge in [0.25, 0.3) is 0 Å². The molecular formula is C13H19BrN2S. The minimum atomic E-state index is 0.603. The number of rotatable bonds is 3. The molecule has 0 saturated heterocycles. The van der Waals surface area contributed by atoms with Crippen molar-refractivity contribution < 1.29 is 0 Å². The summed E-state index contributed by atoms with van der Waals surface area (Å²) in [5, 5.41) is 4.42. The van der Waals surface area contributed by atoms with Gasteiger partial charge in [-0.05, 0) is 66.9 Å². The van der Waals surface area contributed by atoms with Gasteiger partial charge in [-0.3, -0.25) is 0 Å². The maximum Gasteiger partial charge on any atom is 0.126 e. The first kappa shape index (κ1) is 13.2. The molecule has 1 fully saturated rings. The van der Waals surface area contributed by atoms with Crippen LogP contribution in [0.15, 0.2) is 16.6 Å². The zero-order chi connectivity index (χ0) is 12.3. The average molecular weight is 315 g/mol. The number of anilines is 1. The summed E-state index contributed by atoms with van der Waals surface area (Å²) in [5.74, 6) is 1.01. The normalized spacial score (nSPS) is 24.6. The molecule has 2 nitrogen and oxygen atoms in total. The number of aryl methyl sites for hydroxylation is 1. The number of nitrogens with zero attached hydrogens (tertiary/aromatic N) is 1. The van der Waals surface area contributed by atoms with Gasteiger partial charge in [-0.25, -0.2) is 4.98 Å². The third-order valence-electron chi connectivity index (χ3n) is 3.38. The van der Waals surface area contributed by atoms with Crippen molar-refractivity contribution in [2.24, 2.45) is 0 Å². The highest BCUT2D eigenvalue weighted by atomic mass is 79.9. The molecule has 0 unspecified atom stereocenters. The Morgan fingerprint density at radius 2 is 2.00 bits per heavy atom. The number of pyridine rings is 1. The average Bonchev–Trinajstić information content (AvgIpc) is 2.35. The highest BCUT2D eigenvalue weighted by molar-refractivity contribution is 9.10. The van der Waals surface area contributed by atoms with Gasteiger partial charge in [0.05, 0.1) is 5.69 Å². The summed E-state index contributed by atoms with van der Waals surface area (Å²) in [7, 11) is 0. The Morgan fingerprint density at radius 1 is 1.29 bits per heavy atom. The molecule has 1 N–H and O–H groups in total. The van der Waals surface area contributed by atoms with Gasteiger partial charge in [-0.1, -0.05) is 0 Å². The number of nitrogens with one attached hydrogen (secondary N) is 1. The Hall–Kier alpha value is -0.220. The predicted molar refractivity (Wildman–Crippen MR) is 79.9 cm³/mol. The van der Waals surface area contributed by atoms with E-state index in [1.807, 2.05) is 18.7 Å². The minimum absolute atomic E-state index is 0.603. The summed E-state index contributed by atoms with van der Waals surface area (Å²) in [4.78, 5) is 4.54. The molecule has 94 valence electrons. The van der Waals surface area contributed by atoms with E-state index in [0.717, 1.165) is 21.2 Å². The molecule has 17 heavy (non-hydrogen) atoms. The first-order valence-corrected chi connectivity index (χ1v) is 8.19. The van der Waals surface area contributed by atoms with Crippen LogP contribution in [0.1, 0.15) is 31.4 Å². The lowest BCUT2D eigenvalue weighted by atomic mass is 9.95. The van der Waals surface area contributed by atoms with E-state index < -0.39 is 0 Å². The Kier molecular flexibility index (Phi) is 4.74. The quantitative estimate of drug-likeness (QED) is 0.903. The van der Waals surface area contributed by atoms with Gasteiger partial charge in [0.2, 0.25) is 0 Å². The molecule has 0 radical (unpaired) electrons. The Balaban J connectivity index is 1.91. The van der Waals surface area contributed by atoms with Gasteiger partial charge in [0, 0.05) is 15.8 Å². The van der Waals surface area contributed by atoms with E-state index in [1.54, 1.807) is 0 Å². The molecule has 0 spiro atoms. The molecular weight excluding hydrogens is 296 g/mol. The van der Waals surface area contributed by atoms with Crippen LogP contribution in [-0.4, -0.2) is 22.5 Å². The number of hydrogen-bond donors (Lipinski definition) is 1. The van der Waals surface area contributed by atoms with Crippen LogP contribution >= 0.6 is 27.7 Å². The number of hydrogen-bond acceptors (Lipinski definition) is 3. The molecule has 1 heterocycles. The molecule has 0 bridgehead atoms. The Morgan fingerprint density at radius 3 is 2.59 bits per heavy atom. The van der Waals surface area contributed by atoms with Crippen molar-refractivity contribution in [3.8, 4) is 0 Å². The Bertz CT molecular complexity index is 376. The molecule has 1 aliphatic carbocycles. The van der Waals surface area contributed by atoms with Crippen molar-refractivity contribution in [3.05, 3.63) is 22.3 Å². The zero-order valence-electron chi connectivity index (χ0n) is 10.4. The minimum Gasteiger partial charge on any atom is -0.367 e. The second-order valence-electron chi connectivity index (χ2n) is 4.62. The van der Waals surface area contributed by atoms with Crippen molar-refractivity contribution in [3.63, 3.8) is 0 Å². The summed E-state index contributed by atoms with van der Waals surface area (Å²) in [5.41, 5.74) is 1.05. The molecule has 1 aliphatic rings. The van der Waals surface area contributed by atoms with Crippen LogP contribution < -0.4 is 5.32 Å². The highest BCUT2D eigenvalue weighted by Crippen LogP contribution is 2.28. The maximum atomic E-state index is 4.54. The number of halogens is 1. The van der Waals surface area contributed by atoms with E-state index in [9.17, 15) is 0 Å². The molecule has 2 rings (SSSR count). The second kappa shape index (κ2) is 6.10. The van der Waals surface area contributed by atoms with Gasteiger partial charge in [0.15, 0.2) is 0 Å². The lowest BCUT2D eigenvalue weighted by Crippen LogP contribution is -2.27. The van der Waals surface area contributed by atoms with Crippen molar-refractivity contribution in [2.45, 2.75) is 43.9 Å². The largest absolute Gasteiger partial charge is 0.367 e. The predicted octanol–water partition coefficient (Wildman–Crippen LogP) is 4.24. The lowest BCUT2D eigenvalue weighted by Gasteiger charge is -2.28. The topological polar surface area (TPSA) is 24.9 Å². The van der Waals surface area contributed by atoms with Gasteiger partial charge < -0.3 is 5.32 Å². The fraction of sp³-hybridized carbons (Fsp3) is 0.615. The van der Waals surface area contributed by atoms with Crippen LogP contribution in [0.3, 0.4) is 0 Å². The van der Waals surface area contributed by atoms with E-state index in [0.29, 0.717) is 6.04 Å². The van der Waals surface area contributed by atoms with Gasteiger partial charge in [-0.15, -0.1) is 0 Å². The van der Waals surface area contributed by atoms with E-state index >= 15 is 0 Å². The first-order valence-electron chi connectivity index (χ1n) is 6.11. The standard InChI is InChI=1S/C13H19BrN2S/c1-9-12(14)7-8-13(15-9)16-10-3-5-11(17-2)6-4-10/h7-8,10-11H,3-6H2,1-2H3,(H,15,16). The van der Waals surface area contributed by atoms with E-state index in [-0.39, 0.29) is 0 Å². The van der Waals surface area contributed by atoms with Crippen LogP contribution in [0, 0.1) is 6.92 Å². The molecule has 0 aromatic carbocycles. The van der Waals surface area contributed by atoms with Crippen molar-refractivity contribution in [1.82, 2.24) is 4.98 Å². The summed E-state index contributed by atoms with van der Waals surface area (Å²) in [6.45, 7) is 2.03. The summed E-state index contributed by atoms with van der Waals surface area (Å²) in [6, 6.07) is 4.72. The molecule has 0 atom stereocenters. The zero-order valence-corrected chi connectivity index (χ0v) is 12.8. The van der Waals surface area contributed by atoms with Crippen molar-refractivity contribution in [1.29, 1.82) is 0 Å². The van der Waals surface area contributed by atoms with E-state index in [1.165, 1.54) is 25.7 Å². The van der Waals surface area contributed by atoms with Crippen LogP contribution in [0.5, 0.6) is 0 Å². The molecule has 1 aromatic heterocycles. The maximum absolute atomic E-state index is 4.54. The second-order valence-corrected chi connectivity index (χ2v) is 6.61. The molecule has 0 amide bonds. The van der Waals surface area contributed by atoms with Gasteiger partial charge in [-0.2, -0.15) is 11.8 Å². The summed E-state index contributed by atoms with van der Waals surface area (Å²) in [6.07, 6.45) is 7.41. The SMILES string of the molecule is CSC1CCC(Nc2ccc(Br)c(C)n2)CC1. The number of thioether (sulfide) groups is 1. The van der Waals surface area contributed by atoms with E-state index in [4.69, 9.17) is 0 Å². The molecule has 1 aromatic rings.